The number of ether oxygens (including phenoxy) is 1. The van der Waals surface area contributed by atoms with Crippen LogP contribution in [0.25, 0.3) is 0 Å². The predicted octanol–water partition coefficient (Wildman–Crippen LogP) is 2.90. The third-order valence-electron chi connectivity index (χ3n) is 5.19. The van der Waals surface area contributed by atoms with E-state index >= 15 is 0 Å². The summed E-state index contributed by atoms with van der Waals surface area (Å²) in [4.78, 5) is 6.86. The lowest BCUT2D eigenvalue weighted by Gasteiger charge is -2.29. The Hall–Kier alpha value is -2.73. The minimum atomic E-state index is 0.239. The molecule has 1 heterocycles. The molecule has 0 saturated carbocycles. The van der Waals surface area contributed by atoms with E-state index in [2.05, 4.69) is 50.9 Å². The van der Waals surface area contributed by atoms with Crippen LogP contribution in [0, 0.1) is 0 Å². The van der Waals surface area contributed by atoms with Crippen LogP contribution in [0.4, 0.5) is 0 Å². The molecular weight excluding hydrogens is 352 g/mol. The number of methoxy groups -OCH3 is 1. The summed E-state index contributed by atoms with van der Waals surface area (Å²) in [6, 6.07) is 16.1. The van der Waals surface area contributed by atoms with Gasteiger partial charge < -0.3 is 20.5 Å². The van der Waals surface area contributed by atoms with Gasteiger partial charge in [0.05, 0.1) is 13.2 Å². The van der Waals surface area contributed by atoms with Crippen molar-refractivity contribution in [3.63, 3.8) is 0 Å². The highest BCUT2D eigenvalue weighted by atomic mass is 16.5. The molecule has 3 N–H and O–H groups in total. The van der Waals surface area contributed by atoms with Gasteiger partial charge in [0, 0.05) is 25.7 Å². The highest BCUT2D eigenvalue weighted by Crippen LogP contribution is 2.25. The summed E-state index contributed by atoms with van der Waals surface area (Å²) in [5.74, 6) is 1.67. The largest absolute Gasteiger partial charge is 0.508 e. The molecule has 3 rings (SSSR count). The molecule has 0 radical (unpaired) electrons. The van der Waals surface area contributed by atoms with Crippen LogP contribution in [-0.4, -0.2) is 49.8 Å². The molecule has 1 atom stereocenters. The molecule has 28 heavy (non-hydrogen) atoms. The molecule has 0 aromatic heterocycles. The van der Waals surface area contributed by atoms with Crippen molar-refractivity contribution in [3.05, 3.63) is 59.7 Å². The van der Waals surface area contributed by atoms with E-state index in [9.17, 15) is 5.11 Å². The fraction of sp³-hybridized carbons (Fsp3) is 0.409. The highest BCUT2D eigenvalue weighted by molar-refractivity contribution is 5.79. The standard InChI is InChI=1S/C22H30N4O2/c1-23-22(24-15-18-14-19(28-2)10-11-21(18)27)25-16-20(26-12-6-7-13-26)17-8-4-3-5-9-17/h3-5,8-11,14,20,27H,6-7,12-13,15-16H2,1-2H3,(H2,23,24,25). The van der Waals surface area contributed by atoms with Gasteiger partial charge >= 0.3 is 0 Å². The van der Waals surface area contributed by atoms with Gasteiger partial charge in [0.15, 0.2) is 5.96 Å². The zero-order valence-corrected chi connectivity index (χ0v) is 16.7. The zero-order chi connectivity index (χ0) is 19.8. The third kappa shape index (κ3) is 5.16. The topological polar surface area (TPSA) is 69.1 Å². The number of guanidine groups is 1. The number of aliphatic imine (C=N–C) groups is 1. The maximum absolute atomic E-state index is 10.1. The Labute approximate surface area is 167 Å². The minimum Gasteiger partial charge on any atom is -0.508 e. The smallest absolute Gasteiger partial charge is 0.191 e. The van der Waals surface area contributed by atoms with Crippen LogP contribution in [0.1, 0.15) is 30.0 Å². The second-order valence-electron chi connectivity index (χ2n) is 6.97. The number of phenolic OH excluding ortho intramolecular Hbond substituents is 1. The van der Waals surface area contributed by atoms with E-state index in [1.165, 1.54) is 18.4 Å². The summed E-state index contributed by atoms with van der Waals surface area (Å²) in [6.45, 7) is 3.49. The second-order valence-corrected chi connectivity index (χ2v) is 6.97. The van der Waals surface area contributed by atoms with E-state index in [0.29, 0.717) is 18.5 Å². The molecule has 2 aromatic carbocycles. The number of likely N-dealkylation sites (tertiary alicyclic amines) is 1. The van der Waals surface area contributed by atoms with Gasteiger partial charge in [-0.25, -0.2) is 0 Å². The summed E-state index contributed by atoms with van der Waals surface area (Å²) in [6.07, 6.45) is 2.51. The van der Waals surface area contributed by atoms with Crippen molar-refractivity contribution in [2.75, 3.05) is 33.8 Å². The van der Waals surface area contributed by atoms with Crippen molar-refractivity contribution < 1.29 is 9.84 Å². The van der Waals surface area contributed by atoms with Crippen LogP contribution in [0.5, 0.6) is 11.5 Å². The molecule has 1 aliphatic heterocycles. The molecule has 150 valence electrons. The van der Waals surface area contributed by atoms with Gasteiger partial charge in [0.2, 0.25) is 0 Å². The average molecular weight is 383 g/mol. The van der Waals surface area contributed by atoms with Crippen LogP contribution < -0.4 is 15.4 Å². The fourth-order valence-electron chi connectivity index (χ4n) is 3.61. The Bertz CT molecular complexity index is 773. The SMILES string of the molecule is CN=C(NCc1cc(OC)ccc1O)NCC(c1ccccc1)N1CCCC1. The normalized spacial score (nSPS) is 16.0. The lowest BCUT2D eigenvalue weighted by Crippen LogP contribution is -2.42. The van der Waals surface area contributed by atoms with Gasteiger partial charge in [-0.2, -0.15) is 0 Å². The monoisotopic (exact) mass is 382 g/mol. The van der Waals surface area contributed by atoms with E-state index in [-0.39, 0.29) is 5.75 Å². The third-order valence-corrected chi connectivity index (χ3v) is 5.19. The number of nitrogens with zero attached hydrogens (tertiary/aromatic N) is 2. The van der Waals surface area contributed by atoms with E-state index in [1.54, 1.807) is 26.3 Å². The molecular formula is C22H30N4O2. The van der Waals surface area contributed by atoms with Crippen LogP contribution in [-0.2, 0) is 6.54 Å². The summed E-state index contributed by atoms with van der Waals surface area (Å²) < 4.78 is 5.24. The van der Waals surface area contributed by atoms with Gasteiger partial charge in [-0.05, 0) is 49.7 Å². The first-order chi connectivity index (χ1) is 13.7. The van der Waals surface area contributed by atoms with Crippen LogP contribution >= 0.6 is 0 Å². The first-order valence-electron chi connectivity index (χ1n) is 9.80. The molecule has 2 aromatic rings. The van der Waals surface area contributed by atoms with Crippen molar-refractivity contribution >= 4 is 5.96 Å². The fourth-order valence-corrected chi connectivity index (χ4v) is 3.61. The molecule has 0 bridgehead atoms. The second kappa shape index (κ2) is 9.99. The molecule has 1 saturated heterocycles. The van der Waals surface area contributed by atoms with Gasteiger partial charge in [0.1, 0.15) is 11.5 Å². The Morgan fingerprint density at radius 1 is 1.14 bits per heavy atom. The Morgan fingerprint density at radius 3 is 2.57 bits per heavy atom. The van der Waals surface area contributed by atoms with Crippen molar-refractivity contribution in [1.82, 2.24) is 15.5 Å². The molecule has 0 amide bonds. The molecule has 0 aliphatic carbocycles. The van der Waals surface area contributed by atoms with Crippen molar-refractivity contribution in [2.45, 2.75) is 25.4 Å². The molecule has 6 heteroatoms. The van der Waals surface area contributed by atoms with Crippen LogP contribution in [0.3, 0.4) is 0 Å². The number of hydrogen-bond acceptors (Lipinski definition) is 4. The summed E-state index contributed by atoms with van der Waals surface area (Å²) in [5.41, 5.74) is 2.08. The van der Waals surface area contributed by atoms with Gasteiger partial charge in [-0.3, -0.25) is 9.89 Å². The maximum Gasteiger partial charge on any atom is 0.191 e. The van der Waals surface area contributed by atoms with Crippen molar-refractivity contribution in [2.24, 2.45) is 4.99 Å². The molecule has 6 nitrogen and oxygen atoms in total. The number of benzene rings is 2. The first kappa shape index (κ1) is 20.0. The van der Waals surface area contributed by atoms with E-state index < -0.39 is 0 Å². The van der Waals surface area contributed by atoms with Crippen LogP contribution in [0.2, 0.25) is 0 Å². The van der Waals surface area contributed by atoms with E-state index in [1.807, 2.05) is 6.07 Å². The molecule has 0 spiro atoms. The molecule has 1 unspecified atom stereocenters. The minimum absolute atomic E-state index is 0.239. The van der Waals surface area contributed by atoms with Crippen molar-refractivity contribution in [3.8, 4) is 11.5 Å². The number of rotatable bonds is 7. The zero-order valence-electron chi connectivity index (χ0n) is 16.7. The maximum atomic E-state index is 10.1. The summed E-state index contributed by atoms with van der Waals surface area (Å²) >= 11 is 0. The van der Waals surface area contributed by atoms with E-state index in [4.69, 9.17) is 4.74 Å². The predicted molar refractivity (Wildman–Crippen MR) is 113 cm³/mol. The van der Waals surface area contributed by atoms with Gasteiger partial charge in [-0.1, -0.05) is 30.3 Å². The Balaban J connectivity index is 1.62. The highest BCUT2D eigenvalue weighted by Gasteiger charge is 2.23. The number of aromatic hydroxyl groups is 1. The molecule has 1 aliphatic rings. The van der Waals surface area contributed by atoms with E-state index in [0.717, 1.165) is 30.9 Å². The Kier molecular flexibility index (Phi) is 7.14. The van der Waals surface area contributed by atoms with Gasteiger partial charge in [-0.15, -0.1) is 0 Å². The van der Waals surface area contributed by atoms with Crippen LogP contribution in [0.15, 0.2) is 53.5 Å². The number of phenols is 1. The average Bonchev–Trinajstić information content (AvgIpc) is 3.27. The number of nitrogens with one attached hydrogen (secondary N) is 2. The number of hydrogen-bond donors (Lipinski definition) is 3. The summed E-state index contributed by atoms with van der Waals surface area (Å²) in [5, 5.41) is 16.8. The molecule has 1 fully saturated rings. The quantitative estimate of drug-likeness (QED) is 0.507. The lowest BCUT2D eigenvalue weighted by molar-refractivity contribution is 0.245. The summed E-state index contributed by atoms with van der Waals surface area (Å²) in [7, 11) is 3.38. The van der Waals surface area contributed by atoms with Gasteiger partial charge in [0.25, 0.3) is 0 Å². The van der Waals surface area contributed by atoms with Crippen molar-refractivity contribution in [1.29, 1.82) is 0 Å². The lowest BCUT2D eigenvalue weighted by atomic mass is 10.1. The first-order valence-corrected chi connectivity index (χ1v) is 9.80. The Morgan fingerprint density at radius 2 is 1.89 bits per heavy atom.